The Morgan fingerprint density at radius 3 is 2.40 bits per heavy atom. The van der Waals surface area contributed by atoms with Crippen LogP contribution in [0.15, 0.2) is 103 Å². The lowest BCUT2D eigenvalue weighted by atomic mass is 9.62. The van der Waals surface area contributed by atoms with Gasteiger partial charge in [-0.05, 0) is 35.8 Å². The molecule has 8 nitrogen and oxygen atoms in total. The van der Waals surface area contributed by atoms with Crippen molar-refractivity contribution in [3.8, 4) is 0 Å². The van der Waals surface area contributed by atoms with Gasteiger partial charge in [-0.3, -0.25) is 24.5 Å². The first-order valence-corrected chi connectivity index (χ1v) is 13.7. The van der Waals surface area contributed by atoms with Crippen LogP contribution in [0.2, 0.25) is 0 Å². The molecule has 206 valence electrons. The van der Waals surface area contributed by atoms with E-state index in [0.29, 0.717) is 16.8 Å². The molecule has 3 aliphatic heterocycles. The average molecular weight is 556 g/mol. The van der Waals surface area contributed by atoms with Crippen molar-refractivity contribution in [2.45, 2.75) is 24.4 Å². The second kappa shape index (κ2) is 9.34. The molecular formula is C34H25N3O5. The van der Waals surface area contributed by atoms with E-state index >= 15 is 0 Å². The summed E-state index contributed by atoms with van der Waals surface area (Å²) < 4.78 is 0. The number of aryl methyl sites for hydroxylation is 1. The molecule has 1 amide bonds. The van der Waals surface area contributed by atoms with Crippen molar-refractivity contribution >= 4 is 34.9 Å². The van der Waals surface area contributed by atoms with Gasteiger partial charge < -0.3 is 10.2 Å². The molecule has 1 N–H and O–H groups in total. The number of nitro benzene ring substituents is 1. The maximum atomic E-state index is 14.8. The van der Waals surface area contributed by atoms with Crippen molar-refractivity contribution in [3.05, 3.63) is 147 Å². The molecule has 0 unspecified atom stereocenters. The van der Waals surface area contributed by atoms with Crippen LogP contribution in [0.3, 0.4) is 0 Å². The van der Waals surface area contributed by atoms with Gasteiger partial charge in [-0.25, -0.2) is 0 Å². The monoisotopic (exact) mass is 555 g/mol. The zero-order valence-corrected chi connectivity index (χ0v) is 22.6. The molecule has 4 atom stereocenters. The number of carbonyl (C=O) groups excluding carboxylic acids is 3. The summed E-state index contributed by atoms with van der Waals surface area (Å²) in [5.41, 5.74) is 2.73. The van der Waals surface area contributed by atoms with Crippen molar-refractivity contribution in [3.63, 3.8) is 0 Å². The number of fused-ring (bicyclic) bond motifs is 6. The number of para-hydroxylation sites is 1. The molecule has 0 saturated carbocycles. The van der Waals surface area contributed by atoms with Crippen LogP contribution >= 0.6 is 0 Å². The number of nitrogens with zero attached hydrogens (tertiary/aromatic N) is 2. The number of non-ortho nitro benzene ring substituents is 1. The molecule has 4 aromatic carbocycles. The Hall–Kier alpha value is -5.37. The Morgan fingerprint density at radius 1 is 0.881 bits per heavy atom. The second-order valence-electron chi connectivity index (χ2n) is 11.0. The Morgan fingerprint density at radius 2 is 1.62 bits per heavy atom. The van der Waals surface area contributed by atoms with E-state index in [2.05, 4.69) is 5.32 Å². The quantitative estimate of drug-likeness (QED) is 0.187. The lowest BCUT2D eigenvalue weighted by Crippen LogP contribution is -2.49. The van der Waals surface area contributed by atoms with Crippen molar-refractivity contribution < 1.29 is 19.3 Å². The van der Waals surface area contributed by atoms with Crippen LogP contribution in [0, 0.1) is 23.0 Å². The number of nitro groups is 1. The van der Waals surface area contributed by atoms with Crippen LogP contribution in [-0.4, -0.2) is 33.3 Å². The first-order chi connectivity index (χ1) is 20.3. The first-order valence-electron chi connectivity index (χ1n) is 13.7. The summed E-state index contributed by atoms with van der Waals surface area (Å²) in [4.78, 5) is 56.6. The molecular weight excluding hydrogens is 530 g/mol. The van der Waals surface area contributed by atoms with Crippen LogP contribution in [-0.2, 0) is 10.2 Å². The van der Waals surface area contributed by atoms with Gasteiger partial charge in [0, 0.05) is 35.1 Å². The molecule has 0 aromatic heterocycles. The highest BCUT2D eigenvalue weighted by molar-refractivity contribution is 6.16. The Kier molecular flexibility index (Phi) is 5.69. The number of ketones is 2. The molecule has 4 aromatic rings. The third-order valence-corrected chi connectivity index (χ3v) is 8.80. The number of benzene rings is 4. The number of hydrogen-bond donors (Lipinski definition) is 1. The minimum Gasteiger partial charge on any atom is -0.358 e. The number of hydrogen-bond acceptors (Lipinski definition) is 6. The third-order valence-electron chi connectivity index (χ3n) is 8.80. The van der Waals surface area contributed by atoms with Gasteiger partial charge >= 0.3 is 0 Å². The van der Waals surface area contributed by atoms with Gasteiger partial charge in [-0.2, -0.15) is 0 Å². The van der Waals surface area contributed by atoms with Gasteiger partial charge in [-0.1, -0.05) is 84.4 Å². The predicted molar refractivity (Wildman–Crippen MR) is 157 cm³/mol. The van der Waals surface area contributed by atoms with Crippen LogP contribution < -0.4 is 5.32 Å². The normalized spacial score (nSPS) is 23.2. The van der Waals surface area contributed by atoms with Gasteiger partial charge in [0.05, 0.1) is 16.9 Å². The highest BCUT2D eigenvalue weighted by atomic mass is 16.6. The van der Waals surface area contributed by atoms with Crippen LogP contribution in [0.1, 0.15) is 49.0 Å². The lowest BCUT2D eigenvalue weighted by Gasteiger charge is -2.38. The standard InChI is InChI=1S/C34H25N3O5/c1-20-13-15-22(16-14-20)30(38)28-29(31(39)23-8-6-9-24(19-23)37(41)42)36-18-17-21-7-2-3-10-25(21)32(36)34(28)26-11-4-5-12-27(26)35-33(34)40/h2-19,28-29,32H,1H3,(H,35,40)/t28-,29+,32-,34-/m0/s1. The SMILES string of the molecule is Cc1ccc(C(=O)[C@@H]2[C@H](C(=O)c3cccc([N+](=O)[O-])c3)N3C=Cc4ccccc4[C@H]3[C@@]23C(=O)Nc2ccccc23)cc1. The van der Waals surface area contributed by atoms with E-state index in [1.165, 1.54) is 24.3 Å². The molecule has 3 heterocycles. The summed E-state index contributed by atoms with van der Waals surface area (Å²) in [6.07, 6.45) is 3.66. The number of rotatable bonds is 5. The summed E-state index contributed by atoms with van der Waals surface area (Å²) >= 11 is 0. The van der Waals surface area contributed by atoms with Gasteiger partial charge in [0.15, 0.2) is 11.6 Å². The molecule has 3 aliphatic rings. The van der Waals surface area contributed by atoms with Gasteiger partial charge in [-0.15, -0.1) is 0 Å². The summed E-state index contributed by atoms with van der Waals surface area (Å²) in [6, 6.07) is 25.8. The maximum absolute atomic E-state index is 14.8. The summed E-state index contributed by atoms with van der Waals surface area (Å²) in [5.74, 6) is -2.31. The number of Topliss-reactive ketones (excluding diaryl/α,β-unsaturated/α-hetero) is 2. The van der Waals surface area contributed by atoms with Crippen LogP contribution in [0.25, 0.3) is 6.08 Å². The molecule has 0 radical (unpaired) electrons. The minimum absolute atomic E-state index is 0.102. The number of anilines is 1. The van der Waals surface area contributed by atoms with Crippen molar-refractivity contribution in [1.29, 1.82) is 0 Å². The zero-order chi connectivity index (χ0) is 29.2. The highest BCUT2D eigenvalue weighted by Crippen LogP contribution is 2.62. The van der Waals surface area contributed by atoms with E-state index in [4.69, 9.17) is 0 Å². The maximum Gasteiger partial charge on any atom is 0.270 e. The molecule has 1 fully saturated rings. The molecule has 42 heavy (non-hydrogen) atoms. The number of carbonyl (C=O) groups is 3. The molecule has 7 rings (SSSR count). The predicted octanol–water partition coefficient (Wildman–Crippen LogP) is 5.88. The van der Waals surface area contributed by atoms with Crippen molar-refractivity contribution in [2.75, 3.05) is 5.32 Å². The fraction of sp³-hybridized carbons (Fsp3) is 0.147. The number of amides is 1. The Labute approximate surface area is 241 Å². The van der Waals surface area contributed by atoms with Crippen LogP contribution in [0.5, 0.6) is 0 Å². The van der Waals surface area contributed by atoms with E-state index in [1.807, 2.05) is 72.5 Å². The lowest BCUT2D eigenvalue weighted by molar-refractivity contribution is -0.384. The van der Waals surface area contributed by atoms with Crippen molar-refractivity contribution in [1.82, 2.24) is 4.90 Å². The Balaban J connectivity index is 1.53. The minimum atomic E-state index is -1.46. The first kappa shape index (κ1) is 25.6. The summed E-state index contributed by atoms with van der Waals surface area (Å²) in [6.45, 7) is 1.92. The molecule has 1 spiro atoms. The average Bonchev–Trinajstić information content (AvgIpc) is 3.49. The van der Waals surface area contributed by atoms with E-state index in [0.717, 1.165) is 16.7 Å². The zero-order valence-electron chi connectivity index (χ0n) is 22.6. The van der Waals surface area contributed by atoms with Gasteiger partial charge in [0.2, 0.25) is 5.91 Å². The van der Waals surface area contributed by atoms with Gasteiger partial charge in [0.1, 0.15) is 11.5 Å². The van der Waals surface area contributed by atoms with E-state index in [9.17, 15) is 24.5 Å². The molecule has 1 saturated heterocycles. The van der Waals surface area contributed by atoms with Crippen molar-refractivity contribution in [2.24, 2.45) is 5.92 Å². The topological polar surface area (TPSA) is 110 Å². The highest BCUT2D eigenvalue weighted by Gasteiger charge is 2.70. The molecule has 0 bridgehead atoms. The largest absolute Gasteiger partial charge is 0.358 e. The molecule has 0 aliphatic carbocycles. The van der Waals surface area contributed by atoms with Crippen LogP contribution in [0.4, 0.5) is 11.4 Å². The summed E-state index contributed by atoms with van der Waals surface area (Å²) in [7, 11) is 0. The fourth-order valence-electron chi connectivity index (χ4n) is 7.01. The smallest absolute Gasteiger partial charge is 0.270 e. The van der Waals surface area contributed by atoms with E-state index < -0.39 is 34.1 Å². The number of nitrogens with one attached hydrogen (secondary N) is 1. The van der Waals surface area contributed by atoms with Gasteiger partial charge in [0.25, 0.3) is 5.69 Å². The second-order valence-corrected chi connectivity index (χ2v) is 11.0. The fourth-order valence-corrected chi connectivity index (χ4v) is 7.01. The third kappa shape index (κ3) is 3.51. The Bertz CT molecular complexity index is 1850. The van der Waals surface area contributed by atoms with E-state index in [1.54, 1.807) is 24.4 Å². The summed E-state index contributed by atoms with van der Waals surface area (Å²) in [5, 5.41) is 14.6. The molecule has 8 heteroatoms. The van der Waals surface area contributed by atoms with E-state index in [-0.39, 0.29) is 22.9 Å².